The summed E-state index contributed by atoms with van der Waals surface area (Å²) in [5, 5.41) is 15.5. The fourth-order valence-corrected chi connectivity index (χ4v) is 2.43. The van der Waals surface area contributed by atoms with Crippen LogP contribution in [0.25, 0.3) is 0 Å². The molecule has 0 spiro atoms. The van der Waals surface area contributed by atoms with Crippen LogP contribution in [0.2, 0.25) is 0 Å². The van der Waals surface area contributed by atoms with Crippen LogP contribution in [0.3, 0.4) is 0 Å². The van der Waals surface area contributed by atoms with Crippen molar-refractivity contribution >= 4 is 23.3 Å². The number of imide groups is 1. The van der Waals surface area contributed by atoms with E-state index in [1.807, 2.05) is 23.6 Å². The molecule has 0 aliphatic carbocycles. The van der Waals surface area contributed by atoms with E-state index < -0.39 is 11.9 Å². The molecule has 0 aliphatic heterocycles. The minimum Gasteiger partial charge on any atom is -0.493 e. The van der Waals surface area contributed by atoms with Crippen LogP contribution in [-0.4, -0.2) is 25.7 Å². The van der Waals surface area contributed by atoms with Gasteiger partial charge in [0.1, 0.15) is 0 Å². The fourth-order valence-electron chi connectivity index (χ4n) is 1.79. The molecule has 0 unspecified atom stereocenters. The van der Waals surface area contributed by atoms with E-state index >= 15 is 0 Å². The second kappa shape index (κ2) is 8.55. The van der Waals surface area contributed by atoms with E-state index in [4.69, 9.17) is 14.7 Å². The molecule has 2 N–H and O–H groups in total. The van der Waals surface area contributed by atoms with E-state index in [0.29, 0.717) is 23.6 Å². The van der Waals surface area contributed by atoms with Gasteiger partial charge in [-0.15, -0.1) is 11.3 Å². The van der Waals surface area contributed by atoms with Gasteiger partial charge in [-0.3, -0.25) is 10.1 Å². The molecule has 124 valence electrons. The van der Waals surface area contributed by atoms with Gasteiger partial charge < -0.3 is 14.8 Å². The van der Waals surface area contributed by atoms with Crippen molar-refractivity contribution in [2.45, 2.75) is 6.54 Å². The van der Waals surface area contributed by atoms with Crippen LogP contribution in [0.5, 0.6) is 11.5 Å². The molecule has 2 aromatic rings. The molecular formula is C16H15N3O4S. The summed E-state index contributed by atoms with van der Waals surface area (Å²) in [6.07, 6.45) is 0. The van der Waals surface area contributed by atoms with E-state index in [0.717, 1.165) is 4.88 Å². The lowest BCUT2D eigenvalue weighted by molar-refractivity contribution is -0.122. The first-order valence-electron chi connectivity index (χ1n) is 6.93. The molecule has 0 bridgehead atoms. The Labute approximate surface area is 142 Å². The number of hydrogen-bond acceptors (Lipinski definition) is 6. The topological polar surface area (TPSA) is 100 Å². The summed E-state index contributed by atoms with van der Waals surface area (Å²) in [4.78, 5) is 24.3. The van der Waals surface area contributed by atoms with Crippen LogP contribution in [0.1, 0.15) is 10.4 Å². The van der Waals surface area contributed by atoms with E-state index in [-0.39, 0.29) is 6.61 Å². The van der Waals surface area contributed by atoms with Crippen molar-refractivity contribution in [1.82, 2.24) is 10.6 Å². The highest BCUT2D eigenvalue weighted by Crippen LogP contribution is 2.27. The zero-order valence-electron chi connectivity index (χ0n) is 12.9. The van der Waals surface area contributed by atoms with Crippen molar-refractivity contribution in [3.63, 3.8) is 0 Å². The van der Waals surface area contributed by atoms with Crippen LogP contribution in [0.4, 0.5) is 4.79 Å². The zero-order chi connectivity index (χ0) is 17.4. The van der Waals surface area contributed by atoms with Crippen LogP contribution in [-0.2, 0) is 11.3 Å². The highest BCUT2D eigenvalue weighted by Gasteiger charge is 2.11. The summed E-state index contributed by atoms with van der Waals surface area (Å²) in [7, 11) is 1.43. The Bertz CT molecular complexity index is 753. The average molecular weight is 345 g/mol. The summed E-state index contributed by atoms with van der Waals surface area (Å²) < 4.78 is 10.4. The minimum absolute atomic E-state index is 0.311. The number of nitriles is 1. The molecule has 0 aliphatic rings. The average Bonchev–Trinajstić information content (AvgIpc) is 3.11. The van der Waals surface area contributed by atoms with E-state index in [1.54, 1.807) is 6.07 Å². The first-order chi connectivity index (χ1) is 11.6. The first kappa shape index (κ1) is 17.3. The lowest BCUT2D eigenvalue weighted by Gasteiger charge is -2.11. The van der Waals surface area contributed by atoms with Gasteiger partial charge in [0.15, 0.2) is 18.1 Å². The molecule has 3 amide bonds. The number of carbonyl (C=O) groups excluding carboxylic acids is 2. The molecule has 0 fully saturated rings. The van der Waals surface area contributed by atoms with Gasteiger partial charge in [-0.1, -0.05) is 6.07 Å². The highest BCUT2D eigenvalue weighted by atomic mass is 32.1. The lowest BCUT2D eigenvalue weighted by atomic mass is 10.2. The molecule has 0 saturated heterocycles. The Morgan fingerprint density at radius 2 is 2.12 bits per heavy atom. The normalized spacial score (nSPS) is 9.67. The molecule has 2 rings (SSSR count). The Kier molecular flexibility index (Phi) is 6.16. The SMILES string of the molecule is COc1cc(C#N)ccc1OCC(=O)NC(=O)NCc1cccs1. The molecule has 1 aromatic carbocycles. The highest BCUT2D eigenvalue weighted by molar-refractivity contribution is 7.09. The summed E-state index contributed by atoms with van der Waals surface area (Å²) in [5.74, 6) is 0.0553. The van der Waals surface area contributed by atoms with Crippen LogP contribution < -0.4 is 20.1 Å². The van der Waals surface area contributed by atoms with Gasteiger partial charge in [-0.25, -0.2) is 4.79 Å². The number of nitrogens with zero attached hydrogens (tertiary/aromatic N) is 1. The number of ether oxygens (including phenoxy) is 2. The van der Waals surface area contributed by atoms with Crippen molar-refractivity contribution in [2.75, 3.05) is 13.7 Å². The monoisotopic (exact) mass is 345 g/mol. The van der Waals surface area contributed by atoms with E-state index in [9.17, 15) is 9.59 Å². The molecule has 24 heavy (non-hydrogen) atoms. The molecule has 7 nitrogen and oxygen atoms in total. The van der Waals surface area contributed by atoms with Crippen molar-refractivity contribution in [1.29, 1.82) is 5.26 Å². The fraction of sp³-hybridized carbons (Fsp3) is 0.188. The number of nitrogens with one attached hydrogen (secondary N) is 2. The molecule has 0 atom stereocenters. The van der Waals surface area contributed by atoms with Crippen molar-refractivity contribution in [3.05, 3.63) is 46.2 Å². The second-order valence-electron chi connectivity index (χ2n) is 4.58. The molecule has 8 heteroatoms. The zero-order valence-corrected chi connectivity index (χ0v) is 13.7. The van der Waals surface area contributed by atoms with Gasteiger partial charge in [0.05, 0.1) is 25.3 Å². The van der Waals surface area contributed by atoms with Crippen molar-refractivity contribution in [2.24, 2.45) is 0 Å². The number of rotatable bonds is 6. The van der Waals surface area contributed by atoms with Gasteiger partial charge in [-0.2, -0.15) is 5.26 Å². The third-order valence-corrected chi connectivity index (χ3v) is 3.78. The van der Waals surface area contributed by atoms with Crippen LogP contribution in [0, 0.1) is 11.3 Å². The maximum absolute atomic E-state index is 11.7. The minimum atomic E-state index is -0.594. The molecule has 0 radical (unpaired) electrons. The lowest BCUT2D eigenvalue weighted by Crippen LogP contribution is -2.41. The third kappa shape index (κ3) is 5.00. The Morgan fingerprint density at radius 1 is 1.29 bits per heavy atom. The maximum atomic E-state index is 11.7. The third-order valence-electron chi connectivity index (χ3n) is 2.91. The predicted octanol–water partition coefficient (Wildman–Crippen LogP) is 2.03. The number of amides is 3. The van der Waals surface area contributed by atoms with E-state index in [1.165, 1.54) is 30.6 Å². The number of hydrogen-bond donors (Lipinski definition) is 2. The summed E-state index contributed by atoms with van der Waals surface area (Å²) >= 11 is 1.51. The Hall–Kier alpha value is -3.05. The van der Waals surface area contributed by atoms with Crippen LogP contribution >= 0.6 is 11.3 Å². The van der Waals surface area contributed by atoms with Crippen molar-refractivity contribution in [3.8, 4) is 17.6 Å². The smallest absolute Gasteiger partial charge is 0.321 e. The quantitative estimate of drug-likeness (QED) is 0.834. The molecule has 0 saturated carbocycles. The number of methoxy groups -OCH3 is 1. The first-order valence-corrected chi connectivity index (χ1v) is 7.81. The number of carbonyl (C=O) groups is 2. The second-order valence-corrected chi connectivity index (χ2v) is 5.61. The maximum Gasteiger partial charge on any atom is 0.321 e. The Morgan fingerprint density at radius 3 is 2.79 bits per heavy atom. The van der Waals surface area contributed by atoms with Gasteiger partial charge >= 0.3 is 6.03 Å². The van der Waals surface area contributed by atoms with E-state index in [2.05, 4.69) is 10.6 Å². The number of benzene rings is 1. The largest absolute Gasteiger partial charge is 0.493 e. The molecule has 1 aromatic heterocycles. The number of thiophene rings is 1. The molecular weight excluding hydrogens is 330 g/mol. The summed E-state index contributed by atoms with van der Waals surface area (Å²) in [5.41, 5.74) is 0.414. The van der Waals surface area contributed by atoms with Gasteiger partial charge in [0, 0.05) is 10.9 Å². The predicted molar refractivity (Wildman–Crippen MR) is 87.9 cm³/mol. The van der Waals surface area contributed by atoms with Gasteiger partial charge in [-0.05, 0) is 23.6 Å². The Balaban J connectivity index is 1.80. The van der Waals surface area contributed by atoms with Crippen LogP contribution in [0.15, 0.2) is 35.7 Å². The summed E-state index contributed by atoms with van der Waals surface area (Å²) in [6.45, 7) is -0.00420. The van der Waals surface area contributed by atoms with Gasteiger partial charge in [0.25, 0.3) is 5.91 Å². The van der Waals surface area contributed by atoms with Gasteiger partial charge in [0.2, 0.25) is 0 Å². The number of urea groups is 1. The van der Waals surface area contributed by atoms with Crippen molar-refractivity contribution < 1.29 is 19.1 Å². The molecule has 1 heterocycles. The standard InChI is InChI=1S/C16H15N3O4S/c1-22-14-7-11(8-17)4-5-13(14)23-10-15(20)19-16(21)18-9-12-3-2-6-24-12/h2-7H,9-10H2,1H3,(H2,18,19,20,21). The summed E-state index contributed by atoms with van der Waals surface area (Å²) in [6, 6.07) is 9.72.